The molecule has 0 N–H and O–H groups in total. The molecule has 0 aliphatic carbocycles. The normalized spacial score (nSPS) is 10.4. The topological polar surface area (TPSA) is 49.6 Å². The summed E-state index contributed by atoms with van der Waals surface area (Å²) >= 11 is 7.55. The minimum absolute atomic E-state index is 0.455. The highest BCUT2D eigenvalue weighted by molar-refractivity contribution is 7.99. The second kappa shape index (κ2) is 5.49. The average Bonchev–Trinajstić information content (AvgIpc) is 2.48. The Morgan fingerprint density at radius 3 is 2.75 bits per heavy atom. The molecular weight excluding hydrogens is 290 g/mol. The fraction of sp³-hybridized carbons (Fsp3) is 0. The van der Waals surface area contributed by atoms with Gasteiger partial charge in [-0.15, -0.1) is 0 Å². The second-order valence-electron chi connectivity index (χ2n) is 4.05. The van der Waals surface area contributed by atoms with Crippen molar-refractivity contribution in [3.63, 3.8) is 0 Å². The number of nitrogens with zero attached hydrogens (tertiary/aromatic N) is 3. The van der Waals surface area contributed by atoms with Crippen LogP contribution in [0.15, 0.2) is 58.7 Å². The van der Waals surface area contributed by atoms with Crippen molar-refractivity contribution in [1.29, 1.82) is 5.26 Å². The summed E-state index contributed by atoms with van der Waals surface area (Å²) in [5.41, 5.74) is 1.38. The van der Waals surface area contributed by atoms with Crippen molar-refractivity contribution in [2.75, 3.05) is 0 Å². The quantitative estimate of drug-likeness (QED) is 0.662. The summed E-state index contributed by atoms with van der Waals surface area (Å²) in [5.74, 6) is 0. The van der Waals surface area contributed by atoms with Gasteiger partial charge in [-0.3, -0.25) is 0 Å². The number of hydrogen-bond acceptors (Lipinski definition) is 4. The molecule has 0 fully saturated rings. The van der Waals surface area contributed by atoms with Crippen molar-refractivity contribution in [2.24, 2.45) is 0 Å². The van der Waals surface area contributed by atoms with E-state index in [9.17, 15) is 0 Å². The lowest BCUT2D eigenvalue weighted by molar-refractivity contribution is 1.10. The molecular formula is C15H8ClN3S. The summed E-state index contributed by atoms with van der Waals surface area (Å²) in [6.45, 7) is 0. The molecule has 0 saturated heterocycles. The molecule has 5 heteroatoms. The molecule has 1 aromatic heterocycles. The zero-order chi connectivity index (χ0) is 13.9. The molecule has 0 aliphatic rings. The molecule has 0 saturated carbocycles. The maximum Gasteiger partial charge on any atom is 0.117 e. The first-order chi connectivity index (χ1) is 9.78. The van der Waals surface area contributed by atoms with Gasteiger partial charge in [-0.05, 0) is 24.3 Å². The van der Waals surface area contributed by atoms with E-state index in [0.29, 0.717) is 10.6 Å². The van der Waals surface area contributed by atoms with Gasteiger partial charge in [-0.25, -0.2) is 9.97 Å². The largest absolute Gasteiger partial charge is 0.236 e. The van der Waals surface area contributed by atoms with Crippen molar-refractivity contribution in [3.05, 3.63) is 59.4 Å². The molecule has 1 heterocycles. The van der Waals surface area contributed by atoms with Crippen LogP contribution in [0.4, 0.5) is 0 Å². The van der Waals surface area contributed by atoms with E-state index in [4.69, 9.17) is 16.9 Å². The van der Waals surface area contributed by atoms with Crippen LogP contribution < -0.4 is 0 Å². The van der Waals surface area contributed by atoms with Crippen LogP contribution in [0.1, 0.15) is 5.56 Å². The van der Waals surface area contributed by atoms with Gasteiger partial charge in [0.2, 0.25) is 0 Å². The van der Waals surface area contributed by atoms with Crippen molar-refractivity contribution in [2.45, 2.75) is 9.92 Å². The Bertz CT molecular complexity index is 821. The van der Waals surface area contributed by atoms with E-state index < -0.39 is 0 Å². The highest BCUT2D eigenvalue weighted by atomic mass is 35.5. The number of halogens is 1. The monoisotopic (exact) mass is 297 g/mol. The van der Waals surface area contributed by atoms with E-state index in [1.807, 2.05) is 36.4 Å². The molecule has 3 aromatic rings. The molecule has 96 valence electrons. The van der Waals surface area contributed by atoms with Crippen LogP contribution in [0, 0.1) is 11.3 Å². The maximum atomic E-state index is 8.88. The summed E-state index contributed by atoms with van der Waals surface area (Å²) in [4.78, 5) is 9.50. The lowest BCUT2D eigenvalue weighted by Crippen LogP contribution is -1.86. The molecule has 3 nitrogen and oxygen atoms in total. The Kier molecular flexibility index (Phi) is 3.55. The Morgan fingerprint density at radius 2 is 1.95 bits per heavy atom. The molecule has 20 heavy (non-hydrogen) atoms. The smallest absolute Gasteiger partial charge is 0.117 e. The molecule has 0 amide bonds. The van der Waals surface area contributed by atoms with Gasteiger partial charge in [0.05, 0.1) is 16.1 Å². The molecule has 2 aromatic carbocycles. The summed E-state index contributed by atoms with van der Waals surface area (Å²) in [7, 11) is 0. The van der Waals surface area contributed by atoms with Crippen LogP contribution in [-0.4, -0.2) is 9.97 Å². The predicted molar refractivity (Wildman–Crippen MR) is 79.8 cm³/mol. The van der Waals surface area contributed by atoms with Gasteiger partial charge in [-0.2, -0.15) is 5.26 Å². The average molecular weight is 298 g/mol. The molecule has 0 unspecified atom stereocenters. The van der Waals surface area contributed by atoms with Gasteiger partial charge in [-0.1, -0.05) is 41.6 Å². The minimum atomic E-state index is 0.455. The standard InChI is InChI=1S/C15H8ClN3S/c16-13-7-11(6-5-10(13)8-17)20-15-12-3-1-2-4-14(12)18-9-19-15/h1-7,9H. The first-order valence-electron chi connectivity index (χ1n) is 5.85. The second-order valence-corrected chi connectivity index (χ2v) is 5.52. The number of rotatable bonds is 2. The first-order valence-corrected chi connectivity index (χ1v) is 7.04. The lowest BCUT2D eigenvalue weighted by Gasteiger charge is -2.05. The van der Waals surface area contributed by atoms with Crippen LogP contribution in [0.25, 0.3) is 10.9 Å². The first kappa shape index (κ1) is 12.9. The number of nitriles is 1. The third kappa shape index (κ3) is 2.46. The number of benzene rings is 2. The van der Waals surface area contributed by atoms with Gasteiger partial charge < -0.3 is 0 Å². The van der Waals surface area contributed by atoms with Crippen LogP contribution in [-0.2, 0) is 0 Å². The fourth-order valence-corrected chi connectivity index (χ4v) is 3.03. The molecule has 0 aliphatic heterocycles. The van der Waals surface area contributed by atoms with E-state index in [-0.39, 0.29) is 0 Å². The van der Waals surface area contributed by atoms with Gasteiger partial charge >= 0.3 is 0 Å². The number of fused-ring (bicyclic) bond motifs is 1. The summed E-state index contributed by atoms with van der Waals surface area (Å²) in [6, 6.07) is 15.3. The fourth-order valence-electron chi connectivity index (χ4n) is 1.82. The number of hydrogen-bond donors (Lipinski definition) is 0. The predicted octanol–water partition coefficient (Wildman–Crippen LogP) is 4.31. The summed E-state index contributed by atoms with van der Waals surface area (Å²) in [5, 5.41) is 11.2. The Labute approximate surface area is 125 Å². The van der Waals surface area contributed by atoms with E-state index in [1.54, 1.807) is 18.5 Å². The van der Waals surface area contributed by atoms with Crippen molar-refractivity contribution >= 4 is 34.3 Å². The Hall–Kier alpha value is -2.09. The molecule has 0 spiro atoms. The lowest BCUT2D eigenvalue weighted by atomic mass is 10.2. The highest BCUT2D eigenvalue weighted by Crippen LogP contribution is 2.32. The molecule has 3 rings (SSSR count). The molecule has 0 radical (unpaired) electrons. The maximum absolute atomic E-state index is 8.88. The van der Waals surface area contributed by atoms with Crippen molar-refractivity contribution in [1.82, 2.24) is 9.97 Å². The van der Waals surface area contributed by atoms with Gasteiger partial charge in [0.25, 0.3) is 0 Å². The third-order valence-corrected chi connectivity index (χ3v) is 4.10. The van der Waals surface area contributed by atoms with E-state index >= 15 is 0 Å². The van der Waals surface area contributed by atoms with Crippen molar-refractivity contribution in [3.8, 4) is 6.07 Å². The van der Waals surface area contributed by atoms with Crippen LogP contribution in [0.3, 0.4) is 0 Å². The van der Waals surface area contributed by atoms with Gasteiger partial charge in [0.15, 0.2) is 0 Å². The zero-order valence-electron chi connectivity index (χ0n) is 10.2. The van der Waals surface area contributed by atoms with Gasteiger partial charge in [0.1, 0.15) is 17.4 Å². The van der Waals surface area contributed by atoms with Crippen molar-refractivity contribution < 1.29 is 0 Å². The summed E-state index contributed by atoms with van der Waals surface area (Å²) < 4.78 is 0. The molecule has 0 bridgehead atoms. The zero-order valence-corrected chi connectivity index (χ0v) is 11.8. The van der Waals surface area contributed by atoms with E-state index in [0.717, 1.165) is 20.8 Å². The van der Waals surface area contributed by atoms with Crippen LogP contribution >= 0.6 is 23.4 Å². The van der Waals surface area contributed by atoms with Gasteiger partial charge in [0, 0.05) is 10.3 Å². The number of para-hydroxylation sites is 1. The highest BCUT2D eigenvalue weighted by Gasteiger charge is 2.07. The minimum Gasteiger partial charge on any atom is -0.236 e. The van der Waals surface area contributed by atoms with Crippen LogP contribution in [0.2, 0.25) is 5.02 Å². The molecule has 0 atom stereocenters. The summed E-state index contributed by atoms with van der Waals surface area (Å²) in [6.07, 6.45) is 1.55. The SMILES string of the molecule is N#Cc1ccc(Sc2ncnc3ccccc23)cc1Cl. The Balaban J connectivity index is 2.02. The van der Waals surface area contributed by atoms with Crippen LogP contribution in [0.5, 0.6) is 0 Å². The number of aromatic nitrogens is 2. The van der Waals surface area contributed by atoms with E-state index in [1.165, 1.54) is 11.8 Å². The van der Waals surface area contributed by atoms with E-state index in [2.05, 4.69) is 9.97 Å². The Morgan fingerprint density at radius 1 is 1.10 bits per heavy atom. The third-order valence-electron chi connectivity index (χ3n) is 2.78.